The van der Waals surface area contributed by atoms with E-state index in [1.54, 1.807) is 6.07 Å². The molecule has 0 bridgehead atoms. The van der Waals surface area contributed by atoms with Crippen molar-refractivity contribution in [2.75, 3.05) is 0 Å². The van der Waals surface area contributed by atoms with Gasteiger partial charge in [-0.1, -0.05) is 18.2 Å². The van der Waals surface area contributed by atoms with Crippen LogP contribution in [0.2, 0.25) is 0 Å². The summed E-state index contributed by atoms with van der Waals surface area (Å²) in [6.45, 7) is 0. The van der Waals surface area contributed by atoms with E-state index < -0.39 is 26.6 Å². The lowest BCUT2D eigenvalue weighted by atomic mass is 10.3. The van der Waals surface area contributed by atoms with Crippen LogP contribution in [0.15, 0.2) is 52.8 Å². The van der Waals surface area contributed by atoms with Crippen LogP contribution in [0.1, 0.15) is 5.56 Å². The summed E-state index contributed by atoms with van der Waals surface area (Å²) in [7, 11) is -4.32. The molecule has 0 aliphatic rings. The van der Waals surface area contributed by atoms with Gasteiger partial charge in [-0.3, -0.25) is 0 Å². The number of hydrogen-bond donors (Lipinski definition) is 0. The van der Waals surface area contributed by atoms with Gasteiger partial charge in [-0.15, -0.1) is 0 Å². The topological polar surface area (TPSA) is 59.9 Å². The fraction of sp³-hybridized carbons (Fsp3) is 0.0909. The molecule has 0 radical (unpaired) electrons. The van der Waals surface area contributed by atoms with E-state index in [0.717, 1.165) is 6.33 Å². The van der Waals surface area contributed by atoms with Crippen LogP contribution < -0.4 is 0 Å². The number of hydrogen-bond acceptors (Lipinski definition) is 4. The van der Waals surface area contributed by atoms with Gasteiger partial charge in [-0.2, -0.15) is 13.2 Å². The van der Waals surface area contributed by atoms with Crippen molar-refractivity contribution in [2.24, 2.45) is 0 Å². The second kappa shape index (κ2) is 4.61. The van der Waals surface area contributed by atoms with Crippen molar-refractivity contribution < 1.29 is 21.6 Å². The summed E-state index contributed by atoms with van der Waals surface area (Å²) in [5.74, 6) is 0. The summed E-state index contributed by atoms with van der Waals surface area (Å²) in [5.41, 5.74) is -1.38. The average molecular weight is 288 g/mol. The van der Waals surface area contributed by atoms with Crippen molar-refractivity contribution in [2.45, 2.75) is 16.1 Å². The second-order valence-electron chi connectivity index (χ2n) is 3.56. The minimum Gasteiger partial charge on any atom is -0.244 e. The molecule has 0 saturated carbocycles. The van der Waals surface area contributed by atoms with Gasteiger partial charge in [0.25, 0.3) is 0 Å². The van der Waals surface area contributed by atoms with Gasteiger partial charge < -0.3 is 0 Å². The molecule has 2 rings (SSSR count). The van der Waals surface area contributed by atoms with Gasteiger partial charge in [0, 0.05) is 6.20 Å². The molecule has 1 aromatic carbocycles. The van der Waals surface area contributed by atoms with E-state index in [1.807, 2.05) is 0 Å². The monoisotopic (exact) mass is 288 g/mol. The van der Waals surface area contributed by atoms with Crippen LogP contribution in [0.5, 0.6) is 0 Å². The normalized spacial score (nSPS) is 12.4. The molecule has 1 heterocycles. The molecule has 0 fully saturated rings. The molecule has 0 aliphatic carbocycles. The Hall–Kier alpha value is -1.96. The number of benzene rings is 1. The molecule has 0 unspecified atom stereocenters. The average Bonchev–Trinajstić information content (AvgIpc) is 2.39. The maximum Gasteiger partial charge on any atom is 0.420 e. The van der Waals surface area contributed by atoms with Crippen LogP contribution >= 0.6 is 0 Å². The molecular formula is C11H7F3N2O2S. The molecule has 0 atom stereocenters. The number of rotatable bonds is 2. The van der Waals surface area contributed by atoms with E-state index in [1.165, 1.54) is 24.3 Å². The predicted octanol–water partition coefficient (Wildman–Crippen LogP) is 2.33. The summed E-state index contributed by atoms with van der Waals surface area (Å²) in [5, 5.41) is -1.04. The maximum atomic E-state index is 12.7. The van der Waals surface area contributed by atoms with E-state index in [-0.39, 0.29) is 4.90 Å². The molecule has 19 heavy (non-hydrogen) atoms. The van der Waals surface area contributed by atoms with Crippen molar-refractivity contribution in [3.05, 3.63) is 48.4 Å². The fourth-order valence-electron chi connectivity index (χ4n) is 1.44. The summed E-state index contributed by atoms with van der Waals surface area (Å²) in [6.07, 6.45) is -3.62. The van der Waals surface area contributed by atoms with Gasteiger partial charge in [0.05, 0.1) is 4.90 Å². The minimum atomic E-state index is -4.83. The highest BCUT2D eigenvalue weighted by atomic mass is 32.2. The number of alkyl halides is 3. The van der Waals surface area contributed by atoms with Crippen molar-refractivity contribution in [3.63, 3.8) is 0 Å². The van der Waals surface area contributed by atoms with Crippen LogP contribution in [-0.4, -0.2) is 18.4 Å². The van der Waals surface area contributed by atoms with Crippen molar-refractivity contribution >= 4 is 9.84 Å². The van der Waals surface area contributed by atoms with E-state index in [2.05, 4.69) is 9.97 Å². The lowest BCUT2D eigenvalue weighted by molar-refractivity contribution is -0.140. The first-order chi connectivity index (χ1) is 8.83. The number of sulfone groups is 1. The Labute approximate surface area is 106 Å². The van der Waals surface area contributed by atoms with Crippen LogP contribution in [-0.2, 0) is 16.0 Å². The van der Waals surface area contributed by atoms with Gasteiger partial charge in [-0.05, 0) is 12.1 Å². The Morgan fingerprint density at radius 3 is 2.26 bits per heavy atom. The van der Waals surface area contributed by atoms with Crippen LogP contribution in [0.4, 0.5) is 13.2 Å². The molecule has 0 aliphatic heterocycles. The Bertz CT molecular complexity index is 685. The van der Waals surface area contributed by atoms with Gasteiger partial charge >= 0.3 is 6.18 Å². The third-order valence-corrected chi connectivity index (χ3v) is 4.02. The third-order valence-electron chi connectivity index (χ3n) is 2.29. The molecule has 0 amide bonds. The molecule has 4 nitrogen and oxygen atoms in total. The highest BCUT2D eigenvalue weighted by Gasteiger charge is 2.39. The largest absolute Gasteiger partial charge is 0.420 e. The number of halogens is 3. The number of aromatic nitrogens is 2. The predicted molar refractivity (Wildman–Crippen MR) is 58.9 cm³/mol. The van der Waals surface area contributed by atoms with Crippen LogP contribution in [0, 0.1) is 0 Å². The van der Waals surface area contributed by atoms with Gasteiger partial charge in [0.15, 0.2) is 5.03 Å². The SMILES string of the molecule is O=S(=O)(c1ccccc1)c1ncncc1C(F)(F)F. The molecular weight excluding hydrogens is 281 g/mol. The zero-order chi connectivity index (χ0) is 14.1. The summed E-state index contributed by atoms with van der Waals surface area (Å²) >= 11 is 0. The maximum absolute atomic E-state index is 12.7. The quantitative estimate of drug-likeness (QED) is 0.796. The second-order valence-corrected chi connectivity index (χ2v) is 5.42. The zero-order valence-corrected chi connectivity index (χ0v) is 10.1. The van der Waals surface area contributed by atoms with Gasteiger partial charge in [0.1, 0.15) is 11.9 Å². The van der Waals surface area contributed by atoms with Crippen molar-refractivity contribution in [1.29, 1.82) is 0 Å². The standard InChI is InChI=1S/C11H7F3N2O2S/c12-11(13,14)9-6-15-7-16-10(9)19(17,18)8-4-2-1-3-5-8/h1-7H. The first-order valence-electron chi connectivity index (χ1n) is 5.01. The lowest BCUT2D eigenvalue weighted by Gasteiger charge is -2.11. The Kier molecular flexibility index (Phi) is 3.27. The summed E-state index contributed by atoms with van der Waals surface area (Å²) < 4.78 is 62.5. The lowest BCUT2D eigenvalue weighted by Crippen LogP contribution is -2.15. The number of nitrogens with zero attached hydrogens (tertiary/aromatic N) is 2. The van der Waals surface area contributed by atoms with Crippen LogP contribution in [0.25, 0.3) is 0 Å². The highest BCUT2D eigenvalue weighted by Crippen LogP contribution is 2.34. The molecule has 8 heteroatoms. The molecule has 0 saturated heterocycles. The highest BCUT2D eigenvalue weighted by molar-refractivity contribution is 7.91. The van der Waals surface area contributed by atoms with E-state index in [9.17, 15) is 21.6 Å². The Morgan fingerprint density at radius 2 is 1.68 bits per heavy atom. The summed E-state index contributed by atoms with van der Waals surface area (Å²) in [6, 6.07) is 6.81. The first kappa shape index (κ1) is 13.5. The van der Waals surface area contributed by atoms with E-state index >= 15 is 0 Å². The third kappa shape index (κ3) is 2.58. The zero-order valence-electron chi connectivity index (χ0n) is 9.29. The van der Waals surface area contributed by atoms with Crippen molar-refractivity contribution in [1.82, 2.24) is 9.97 Å². The Balaban J connectivity index is 2.67. The Morgan fingerprint density at radius 1 is 1.05 bits per heavy atom. The fourth-order valence-corrected chi connectivity index (χ4v) is 2.82. The molecule has 0 N–H and O–H groups in total. The first-order valence-corrected chi connectivity index (χ1v) is 6.49. The van der Waals surface area contributed by atoms with Crippen LogP contribution in [0.3, 0.4) is 0 Å². The minimum absolute atomic E-state index is 0.251. The molecule has 1 aromatic heterocycles. The van der Waals surface area contributed by atoms with E-state index in [0.29, 0.717) is 6.20 Å². The summed E-state index contributed by atoms with van der Waals surface area (Å²) in [4.78, 5) is 6.25. The van der Waals surface area contributed by atoms with E-state index in [4.69, 9.17) is 0 Å². The smallest absolute Gasteiger partial charge is 0.244 e. The van der Waals surface area contributed by atoms with Gasteiger partial charge in [0.2, 0.25) is 9.84 Å². The molecule has 0 spiro atoms. The van der Waals surface area contributed by atoms with Gasteiger partial charge in [-0.25, -0.2) is 18.4 Å². The van der Waals surface area contributed by atoms with Crippen molar-refractivity contribution in [3.8, 4) is 0 Å². The molecule has 2 aromatic rings. The molecule has 100 valence electrons.